The lowest BCUT2D eigenvalue weighted by atomic mass is 10.3. The number of aliphatic hydroxyl groups excluding tert-OH is 2. The van der Waals surface area contributed by atoms with Crippen LogP contribution in [0.4, 0.5) is 0 Å². The van der Waals surface area contributed by atoms with Gasteiger partial charge in [-0.15, -0.1) is 0 Å². The van der Waals surface area contributed by atoms with Crippen molar-refractivity contribution in [2.24, 2.45) is 0 Å². The van der Waals surface area contributed by atoms with Gasteiger partial charge in [0.25, 0.3) is 0 Å². The molecule has 1 aliphatic heterocycles. The topological polar surface area (TPSA) is 81.8 Å². The molecule has 1 aliphatic rings. The maximum Gasteiger partial charge on any atom is 0.244 e. The largest absolute Gasteiger partial charge is 0.396 e. The van der Waals surface area contributed by atoms with Crippen LogP contribution in [0.1, 0.15) is 12.0 Å². The highest BCUT2D eigenvalue weighted by Gasteiger charge is 2.24. The molecule has 1 saturated heterocycles. The molecule has 1 aromatic rings. The van der Waals surface area contributed by atoms with Crippen molar-refractivity contribution >= 4 is 5.91 Å². The molecule has 0 radical (unpaired) electrons. The van der Waals surface area contributed by atoms with Crippen LogP contribution in [0.5, 0.6) is 0 Å². The molecule has 0 aliphatic carbocycles. The molecule has 2 N–H and O–H groups in total. The highest BCUT2D eigenvalue weighted by molar-refractivity contribution is 5.76. The van der Waals surface area contributed by atoms with Crippen molar-refractivity contribution in [1.29, 1.82) is 0 Å². The van der Waals surface area contributed by atoms with E-state index in [1.165, 1.54) is 0 Å². The standard InChI is InChI=1S/C14H24N4O3/c1-12-7-15-18(8-12)11-14(21)17-5-4-16(3-2-6-19)9-13(20)10-17/h7-8,13,19-20H,2-6,9-11H2,1H3/t13-/m1/s1. The minimum atomic E-state index is -0.547. The van der Waals surface area contributed by atoms with Crippen LogP contribution in [-0.2, 0) is 11.3 Å². The Morgan fingerprint density at radius 3 is 2.90 bits per heavy atom. The van der Waals surface area contributed by atoms with Crippen LogP contribution in [0.25, 0.3) is 0 Å². The normalized spacial score (nSPS) is 20.5. The Labute approximate surface area is 124 Å². The summed E-state index contributed by atoms with van der Waals surface area (Å²) >= 11 is 0. The number of aliphatic hydroxyl groups is 2. The number of nitrogens with zero attached hydrogens (tertiary/aromatic N) is 4. The summed E-state index contributed by atoms with van der Waals surface area (Å²) in [7, 11) is 0. The Morgan fingerprint density at radius 2 is 2.24 bits per heavy atom. The van der Waals surface area contributed by atoms with E-state index in [9.17, 15) is 9.90 Å². The molecule has 0 spiro atoms. The van der Waals surface area contributed by atoms with E-state index in [-0.39, 0.29) is 19.1 Å². The second kappa shape index (κ2) is 7.53. The third kappa shape index (κ3) is 4.80. The van der Waals surface area contributed by atoms with Gasteiger partial charge in [-0.05, 0) is 18.9 Å². The number of aryl methyl sites for hydroxylation is 1. The van der Waals surface area contributed by atoms with Crippen molar-refractivity contribution in [3.05, 3.63) is 18.0 Å². The van der Waals surface area contributed by atoms with E-state index in [0.717, 1.165) is 18.7 Å². The van der Waals surface area contributed by atoms with Crippen LogP contribution in [0.2, 0.25) is 0 Å². The monoisotopic (exact) mass is 296 g/mol. The fourth-order valence-electron chi connectivity index (χ4n) is 2.57. The van der Waals surface area contributed by atoms with E-state index in [4.69, 9.17) is 5.11 Å². The first kappa shape index (κ1) is 15.9. The molecule has 2 heterocycles. The minimum absolute atomic E-state index is 0.0267. The van der Waals surface area contributed by atoms with Crippen molar-refractivity contribution in [2.75, 3.05) is 39.3 Å². The van der Waals surface area contributed by atoms with E-state index in [1.807, 2.05) is 13.1 Å². The fourth-order valence-corrected chi connectivity index (χ4v) is 2.57. The predicted molar refractivity (Wildman–Crippen MR) is 77.7 cm³/mol. The molecule has 1 atom stereocenters. The summed E-state index contributed by atoms with van der Waals surface area (Å²) in [5, 5.41) is 23.0. The lowest BCUT2D eigenvalue weighted by molar-refractivity contribution is -0.132. The van der Waals surface area contributed by atoms with Crippen molar-refractivity contribution in [3.63, 3.8) is 0 Å². The van der Waals surface area contributed by atoms with Crippen molar-refractivity contribution in [1.82, 2.24) is 19.6 Å². The fraction of sp³-hybridized carbons (Fsp3) is 0.714. The molecule has 1 amide bonds. The number of rotatable bonds is 5. The van der Waals surface area contributed by atoms with Crippen molar-refractivity contribution in [2.45, 2.75) is 26.0 Å². The number of amides is 1. The second-order valence-corrected chi connectivity index (χ2v) is 5.59. The summed E-state index contributed by atoms with van der Waals surface area (Å²) in [5.74, 6) is -0.0267. The maximum absolute atomic E-state index is 12.3. The lowest BCUT2D eigenvalue weighted by Crippen LogP contribution is -2.39. The Balaban J connectivity index is 1.89. The van der Waals surface area contributed by atoms with Gasteiger partial charge in [-0.25, -0.2) is 0 Å². The maximum atomic E-state index is 12.3. The Kier molecular flexibility index (Phi) is 5.72. The van der Waals surface area contributed by atoms with Gasteiger partial charge in [0.05, 0.1) is 12.3 Å². The highest BCUT2D eigenvalue weighted by atomic mass is 16.3. The van der Waals surface area contributed by atoms with Crippen LogP contribution in [-0.4, -0.2) is 81.1 Å². The van der Waals surface area contributed by atoms with Gasteiger partial charge < -0.3 is 15.1 Å². The molecule has 118 valence electrons. The number of aromatic nitrogens is 2. The van der Waals surface area contributed by atoms with Crippen molar-refractivity contribution < 1.29 is 15.0 Å². The summed E-state index contributed by atoms with van der Waals surface area (Å²) in [6.07, 6.45) is 3.70. The van der Waals surface area contributed by atoms with Gasteiger partial charge >= 0.3 is 0 Å². The van der Waals surface area contributed by atoms with Crippen LogP contribution in [0, 0.1) is 6.92 Å². The average Bonchev–Trinajstić information content (AvgIpc) is 2.74. The highest BCUT2D eigenvalue weighted by Crippen LogP contribution is 2.06. The summed E-state index contributed by atoms with van der Waals surface area (Å²) in [5.41, 5.74) is 1.02. The average molecular weight is 296 g/mol. The smallest absolute Gasteiger partial charge is 0.244 e. The summed E-state index contributed by atoms with van der Waals surface area (Å²) in [6, 6.07) is 0. The van der Waals surface area contributed by atoms with Crippen LogP contribution in [0.3, 0.4) is 0 Å². The SMILES string of the molecule is Cc1cnn(CC(=O)N2CCN(CCCO)C[C@@H](O)C2)c1. The molecular formula is C14H24N4O3. The molecule has 1 aromatic heterocycles. The third-order valence-corrected chi connectivity index (χ3v) is 3.63. The molecular weight excluding hydrogens is 272 g/mol. The minimum Gasteiger partial charge on any atom is -0.396 e. The van der Waals surface area contributed by atoms with E-state index >= 15 is 0 Å². The summed E-state index contributed by atoms with van der Waals surface area (Å²) in [6.45, 7) is 5.25. The summed E-state index contributed by atoms with van der Waals surface area (Å²) in [4.78, 5) is 16.1. The number of hydrogen-bond acceptors (Lipinski definition) is 5. The first-order chi connectivity index (χ1) is 10.1. The zero-order valence-corrected chi connectivity index (χ0v) is 12.5. The number of carbonyl (C=O) groups excluding carboxylic acids is 1. The zero-order chi connectivity index (χ0) is 15.2. The van der Waals surface area contributed by atoms with Gasteiger partial charge in [0, 0.05) is 45.5 Å². The molecule has 0 unspecified atom stereocenters. The van der Waals surface area contributed by atoms with E-state index in [1.54, 1.807) is 15.8 Å². The van der Waals surface area contributed by atoms with Gasteiger partial charge in [-0.2, -0.15) is 5.10 Å². The Bertz CT molecular complexity index is 463. The van der Waals surface area contributed by atoms with Gasteiger partial charge in [0.15, 0.2) is 0 Å². The van der Waals surface area contributed by atoms with Gasteiger partial charge in [0.2, 0.25) is 5.91 Å². The molecule has 7 nitrogen and oxygen atoms in total. The Hall–Kier alpha value is -1.44. The predicted octanol–water partition coefficient (Wildman–Crippen LogP) is -0.921. The molecule has 0 saturated carbocycles. The summed E-state index contributed by atoms with van der Waals surface area (Å²) < 4.78 is 1.62. The van der Waals surface area contributed by atoms with Gasteiger partial charge in [-0.3, -0.25) is 14.4 Å². The molecule has 0 bridgehead atoms. The van der Waals surface area contributed by atoms with Crippen LogP contribution >= 0.6 is 0 Å². The van der Waals surface area contributed by atoms with Crippen LogP contribution in [0.15, 0.2) is 12.4 Å². The van der Waals surface area contributed by atoms with E-state index in [2.05, 4.69) is 10.00 Å². The quantitative estimate of drug-likeness (QED) is 0.734. The number of carbonyl (C=O) groups is 1. The van der Waals surface area contributed by atoms with Gasteiger partial charge in [-0.1, -0.05) is 0 Å². The third-order valence-electron chi connectivity index (χ3n) is 3.63. The van der Waals surface area contributed by atoms with Crippen LogP contribution < -0.4 is 0 Å². The molecule has 0 aromatic carbocycles. The lowest BCUT2D eigenvalue weighted by Gasteiger charge is -2.21. The molecule has 2 rings (SSSR count). The first-order valence-electron chi connectivity index (χ1n) is 7.36. The van der Waals surface area contributed by atoms with E-state index < -0.39 is 6.10 Å². The number of β-amino-alcohol motifs (C(OH)–C–C–N with tert-alkyl or cyclic N) is 1. The first-order valence-corrected chi connectivity index (χ1v) is 7.36. The van der Waals surface area contributed by atoms with Crippen molar-refractivity contribution in [3.8, 4) is 0 Å². The van der Waals surface area contributed by atoms with Gasteiger partial charge in [0.1, 0.15) is 6.54 Å². The molecule has 1 fully saturated rings. The Morgan fingerprint density at radius 1 is 1.43 bits per heavy atom. The number of hydrogen-bond donors (Lipinski definition) is 2. The molecule has 21 heavy (non-hydrogen) atoms. The zero-order valence-electron chi connectivity index (χ0n) is 12.5. The van der Waals surface area contributed by atoms with E-state index in [0.29, 0.717) is 26.1 Å². The second-order valence-electron chi connectivity index (χ2n) is 5.59. The molecule has 7 heteroatoms.